The number of halogens is 2. The van der Waals surface area contributed by atoms with E-state index in [2.05, 4.69) is 21.9 Å². The molecule has 0 bridgehead atoms. The number of benzene rings is 2. The molecule has 12 nitrogen and oxygen atoms in total. The molecule has 0 radical (unpaired) electrons. The molecule has 0 saturated heterocycles. The van der Waals surface area contributed by atoms with Crippen LogP contribution in [0.15, 0.2) is 41.3 Å². The van der Waals surface area contributed by atoms with Crippen molar-refractivity contribution >= 4 is 39.1 Å². The smallest absolute Gasteiger partial charge is 0.240 e. The van der Waals surface area contributed by atoms with E-state index < -0.39 is 10.0 Å². The van der Waals surface area contributed by atoms with Gasteiger partial charge in [-0.15, -0.1) is 0 Å². The first-order valence-electron chi connectivity index (χ1n) is 16.7. The zero-order chi connectivity index (χ0) is 35.3. The molecule has 0 aromatic heterocycles. The maximum Gasteiger partial charge on any atom is 0.240 e. The Balaban J connectivity index is 1.17. The highest BCUT2D eigenvalue weighted by atomic mass is 35.5. The van der Waals surface area contributed by atoms with Crippen molar-refractivity contribution < 1.29 is 41.6 Å². The number of ether oxygens (including phenoxy) is 6. The zero-order valence-corrected chi connectivity index (χ0v) is 30.9. The maximum absolute atomic E-state index is 12.8. The number of likely N-dealkylation sites (N-methyl/N-ethyl adjacent to an activating group) is 1. The fraction of sp³-hybridized carbons (Fsp3) is 0.618. The molecule has 3 rings (SSSR count). The van der Waals surface area contributed by atoms with E-state index in [0.717, 1.165) is 42.8 Å². The molecule has 1 heterocycles. The summed E-state index contributed by atoms with van der Waals surface area (Å²) >= 11 is 12.8. The van der Waals surface area contributed by atoms with E-state index in [9.17, 15) is 13.2 Å². The predicted molar refractivity (Wildman–Crippen MR) is 189 cm³/mol. The number of amides is 1. The van der Waals surface area contributed by atoms with Crippen LogP contribution >= 0.6 is 23.2 Å². The summed E-state index contributed by atoms with van der Waals surface area (Å²) in [6, 6.07) is 10.6. The third-order valence-electron chi connectivity index (χ3n) is 7.50. The monoisotopic (exact) mass is 747 g/mol. The summed E-state index contributed by atoms with van der Waals surface area (Å²) in [5, 5.41) is 4.00. The number of rotatable bonds is 26. The molecule has 1 aliphatic rings. The van der Waals surface area contributed by atoms with Crippen LogP contribution in [-0.4, -0.2) is 125 Å². The van der Waals surface area contributed by atoms with E-state index in [1.54, 1.807) is 18.2 Å². The minimum atomic E-state index is -3.69. The molecule has 15 heteroatoms. The highest BCUT2D eigenvalue weighted by Gasteiger charge is 2.27. The van der Waals surface area contributed by atoms with Crippen molar-refractivity contribution in [3.05, 3.63) is 63.1 Å². The largest absolute Gasteiger partial charge is 0.379 e. The summed E-state index contributed by atoms with van der Waals surface area (Å²) in [7, 11) is -1.66. The standard InChI is InChI=1S/C34H51Cl2N3O9S/c1-3-11-43-15-19-47-20-16-44-12-8-34(40)37-9-13-45-17-21-48-22-18-46-14-10-38-49(41,42)29-6-4-27(5-7-29)31-25-39(2)26-32-30(31)23-28(35)24-33(32)36/h4-7,23-24,31,38H,3,8-22,25-26H2,1-2H3,(H,37,40). The average molecular weight is 749 g/mol. The van der Waals surface area contributed by atoms with Crippen LogP contribution in [0.4, 0.5) is 0 Å². The lowest BCUT2D eigenvalue weighted by Gasteiger charge is -2.33. The number of sulfonamides is 1. The van der Waals surface area contributed by atoms with Gasteiger partial charge in [0.25, 0.3) is 0 Å². The molecule has 0 fully saturated rings. The van der Waals surface area contributed by atoms with E-state index in [4.69, 9.17) is 51.6 Å². The van der Waals surface area contributed by atoms with E-state index in [0.29, 0.717) is 82.7 Å². The lowest BCUT2D eigenvalue weighted by Crippen LogP contribution is -2.31. The topological polar surface area (TPSA) is 134 Å². The Morgan fingerprint density at radius 3 is 1.96 bits per heavy atom. The molecule has 0 aliphatic carbocycles. The first-order valence-corrected chi connectivity index (χ1v) is 18.9. The SMILES string of the molecule is CCCOCCOCCOCCC(=O)NCCOCCOCCOCCNS(=O)(=O)c1ccc(C2CN(C)Cc3c(Cl)cc(Cl)cc32)cc1. The molecule has 2 aromatic rings. The van der Waals surface area contributed by atoms with Gasteiger partial charge in [0.15, 0.2) is 0 Å². The van der Waals surface area contributed by atoms with E-state index in [-0.39, 0.29) is 36.3 Å². The van der Waals surface area contributed by atoms with Crippen molar-refractivity contribution in [2.24, 2.45) is 0 Å². The fourth-order valence-corrected chi connectivity index (χ4v) is 6.67. The van der Waals surface area contributed by atoms with Crippen LogP contribution in [0.25, 0.3) is 0 Å². The van der Waals surface area contributed by atoms with Crippen LogP contribution < -0.4 is 10.0 Å². The molecule has 0 saturated carbocycles. The molecule has 1 aliphatic heterocycles. The number of nitrogens with one attached hydrogen (secondary N) is 2. The van der Waals surface area contributed by atoms with Crippen LogP contribution in [0.3, 0.4) is 0 Å². The second kappa shape index (κ2) is 23.6. The highest BCUT2D eigenvalue weighted by molar-refractivity contribution is 7.89. The number of carbonyl (C=O) groups is 1. The molecule has 0 spiro atoms. The quantitative estimate of drug-likeness (QED) is 0.137. The van der Waals surface area contributed by atoms with Gasteiger partial charge in [0, 0.05) is 55.2 Å². The Hall–Kier alpha value is -1.88. The van der Waals surface area contributed by atoms with E-state index in [1.807, 2.05) is 25.2 Å². The lowest BCUT2D eigenvalue weighted by molar-refractivity contribution is -0.122. The van der Waals surface area contributed by atoms with E-state index >= 15 is 0 Å². The summed E-state index contributed by atoms with van der Waals surface area (Å²) in [4.78, 5) is 14.2. The highest BCUT2D eigenvalue weighted by Crippen LogP contribution is 2.38. The van der Waals surface area contributed by atoms with Gasteiger partial charge in [-0.1, -0.05) is 42.3 Å². The predicted octanol–water partition coefficient (Wildman–Crippen LogP) is 3.86. The number of hydrogen-bond donors (Lipinski definition) is 2. The summed E-state index contributed by atoms with van der Waals surface area (Å²) in [6.45, 7) is 9.20. The molecule has 2 N–H and O–H groups in total. The Kier molecular flexibility index (Phi) is 20.0. The zero-order valence-electron chi connectivity index (χ0n) is 28.6. The molecule has 1 unspecified atom stereocenters. The van der Waals surface area contributed by atoms with Crippen LogP contribution in [-0.2, 0) is 49.8 Å². The van der Waals surface area contributed by atoms with Crippen molar-refractivity contribution in [1.82, 2.24) is 14.9 Å². The first-order chi connectivity index (χ1) is 23.7. The van der Waals surface area contributed by atoms with Crippen LogP contribution in [0.2, 0.25) is 10.0 Å². The van der Waals surface area contributed by atoms with Crippen LogP contribution in [0.5, 0.6) is 0 Å². The van der Waals surface area contributed by atoms with Gasteiger partial charge < -0.3 is 38.6 Å². The number of fused-ring (bicyclic) bond motifs is 1. The molecular formula is C34H51Cl2N3O9S. The Morgan fingerprint density at radius 2 is 1.35 bits per heavy atom. The summed E-state index contributed by atoms with van der Waals surface area (Å²) in [5.74, 6) is -0.0729. The van der Waals surface area contributed by atoms with Crippen molar-refractivity contribution in [2.75, 3.05) is 106 Å². The van der Waals surface area contributed by atoms with Gasteiger partial charge in [-0.3, -0.25) is 4.79 Å². The lowest BCUT2D eigenvalue weighted by atomic mass is 9.85. The average Bonchev–Trinajstić information content (AvgIpc) is 3.07. The number of hydrogen-bond acceptors (Lipinski definition) is 10. The van der Waals surface area contributed by atoms with Crippen molar-refractivity contribution in [2.45, 2.75) is 37.1 Å². The van der Waals surface area contributed by atoms with Crippen molar-refractivity contribution in [3.63, 3.8) is 0 Å². The summed E-state index contributed by atoms with van der Waals surface area (Å²) in [5.41, 5.74) is 3.10. The Labute approximate surface area is 301 Å². The molecule has 2 aromatic carbocycles. The Morgan fingerprint density at radius 1 is 0.796 bits per heavy atom. The minimum absolute atomic E-state index is 0.0265. The number of carbonyl (C=O) groups excluding carboxylic acids is 1. The molecule has 49 heavy (non-hydrogen) atoms. The first kappa shape index (κ1) is 41.5. The fourth-order valence-electron chi connectivity index (χ4n) is 5.09. The second-order valence-electron chi connectivity index (χ2n) is 11.4. The summed E-state index contributed by atoms with van der Waals surface area (Å²) in [6.07, 6.45) is 1.27. The minimum Gasteiger partial charge on any atom is -0.379 e. The number of nitrogens with zero attached hydrogens (tertiary/aromatic N) is 1. The Bertz CT molecular complexity index is 1350. The molecule has 276 valence electrons. The maximum atomic E-state index is 12.8. The van der Waals surface area contributed by atoms with Gasteiger partial charge in [-0.2, -0.15) is 0 Å². The third kappa shape index (κ3) is 15.9. The third-order valence-corrected chi connectivity index (χ3v) is 9.53. The molecule has 1 atom stereocenters. The van der Waals surface area contributed by atoms with Gasteiger partial charge in [0.2, 0.25) is 15.9 Å². The van der Waals surface area contributed by atoms with Crippen LogP contribution in [0.1, 0.15) is 42.4 Å². The van der Waals surface area contributed by atoms with Gasteiger partial charge in [0.1, 0.15) is 0 Å². The van der Waals surface area contributed by atoms with Crippen LogP contribution in [0, 0.1) is 0 Å². The molecular weight excluding hydrogens is 697 g/mol. The summed E-state index contributed by atoms with van der Waals surface area (Å²) < 4.78 is 60.7. The van der Waals surface area contributed by atoms with Gasteiger partial charge in [-0.05, 0) is 54.4 Å². The second-order valence-corrected chi connectivity index (χ2v) is 14.1. The normalized spacial score (nSPS) is 15.0. The van der Waals surface area contributed by atoms with Crippen molar-refractivity contribution in [1.29, 1.82) is 0 Å². The van der Waals surface area contributed by atoms with E-state index in [1.165, 1.54) is 0 Å². The van der Waals surface area contributed by atoms with Gasteiger partial charge in [0.05, 0.1) is 77.6 Å². The van der Waals surface area contributed by atoms with Crippen molar-refractivity contribution in [3.8, 4) is 0 Å². The van der Waals surface area contributed by atoms with Gasteiger partial charge >= 0.3 is 0 Å². The molecule has 1 amide bonds. The van der Waals surface area contributed by atoms with Gasteiger partial charge in [-0.25, -0.2) is 13.1 Å².